The summed E-state index contributed by atoms with van der Waals surface area (Å²) in [6.45, 7) is 2.50. The third-order valence-electron chi connectivity index (χ3n) is 3.57. The van der Waals surface area contributed by atoms with Crippen LogP contribution in [0.3, 0.4) is 0 Å². The highest BCUT2D eigenvalue weighted by Gasteiger charge is 2.37. The number of amidine groups is 1. The molecule has 26 heavy (non-hydrogen) atoms. The number of hydrogen-bond acceptors (Lipinski definition) is 7. The minimum Gasteiger partial charge on any atom is -0.494 e. The molecule has 0 aliphatic carbocycles. The minimum atomic E-state index is -0.485. The quantitative estimate of drug-likeness (QED) is 0.819. The molecule has 0 spiro atoms. The van der Waals surface area contributed by atoms with E-state index in [2.05, 4.69) is 15.3 Å². The Morgan fingerprint density at radius 2 is 2.15 bits per heavy atom. The number of rotatable bonds is 6. The van der Waals surface area contributed by atoms with Crippen molar-refractivity contribution in [2.24, 2.45) is 4.99 Å². The predicted molar refractivity (Wildman–Crippen MR) is 104 cm³/mol. The first-order valence-corrected chi connectivity index (χ1v) is 9.78. The SMILES string of the molecule is CCOc1ccc(NC(=O)CC2SC(=Nc3nccs3)N(C)C2=O)cc1. The van der Waals surface area contributed by atoms with Crippen LogP contribution in [0.2, 0.25) is 0 Å². The highest BCUT2D eigenvalue weighted by Crippen LogP contribution is 2.31. The number of ether oxygens (including phenoxy) is 1. The molecular weight excluding hydrogens is 372 g/mol. The Balaban J connectivity index is 1.59. The summed E-state index contributed by atoms with van der Waals surface area (Å²) < 4.78 is 5.37. The number of aliphatic imine (C=N–C) groups is 1. The van der Waals surface area contributed by atoms with Gasteiger partial charge >= 0.3 is 0 Å². The zero-order valence-corrected chi connectivity index (χ0v) is 16.0. The molecule has 2 heterocycles. The van der Waals surface area contributed by atoms with Crippen LogP contribution in [0.1, 0.15) is 13.3 Å². The first kappa shape index (κ1) is 18.4. The van der Waals surface area contributed by atoms with Crippen LogP contribution >= 0.6 is 23.1 Å². The second-order valence-corrected chi connectivity index (χ2v) is 7.47. The Morgan fingerprint density at radius 3 is 2.81 bits per heavy atom. The zero-order chi connectivity index (χ0) is 18.5. The largest absolute Gasteiger partial charge is 0.494 e. The molecule has 1 unspecified atom stereocenters. The summed E-state index contributed by atoms with van der Waals surface area (Å²) in [6.07, 6.45) is 1.74. The molecule has 1 aromatic carbocycles. The van der Waals surface area contributed by atoms with Crippen LogP contribution < -0.4 is 10.1 Å². The Morgan fingerprint density at radius 1 is 1.38 bits per heavy atom. The maximum atomic E-state index is 12.4. The van der Waals surface area contributed by atoms with Crippen LogP contribution in [0.5, 0.6) is 5.75 Å². The smallest absolute Gasteiger partial charge is 0.242 e. The highest BCUT2D eigenvalue weighted by atomic mass is 32.2. The second kappa shape index (κ2) is 8.33. The molecule has 3 rings (SSSR count). The minimum absolute atomic E-state index is 0.0813. The van der Waals surface area contributed by atoms with E-state index in [1.165, 1.54) is 28.0 Å². The number of carbonyl (C=O) groups excluding carboxylic acids is 2. The van der Waals surface area contributed by atoms with Gasteiger partial charge in [-0.25, -0.2) is 4.98 Å². The van der Waals surface area contributed by atoms with Crippen LogP contribution in [0.25, 0.3) is 0 Å². The Labute approximate surface area is 159 Å². The summed E-state index contributed by atoms with van der Waals surface area (Å²) in [5.41, 5.74) is 0.666. The lowest BCUT2D eigenvalue weighted by Gasteiger charge is -2.09. The van der Waals surface area contributed by atoms with Gasteiger partial charge in [-0.2, -0.15) is 4.99 Å². The fourth-order valence-corrected chi connectivity index (χ4v) is 4.03. The molecule has 1 aliphatic heterocycles. The van der Waals surface area contributed by atoms with Crippen molar-refractivity contribution in [3.8, 4) is 5.75 Å². The topological polar surface area (TPSA) is 83.9 Å². The predicted octanol–water partition coefficient (Wildman–Crippen LogP) is 3.13. The van der Waals surface area contributed by atoms with Gasteiger partial charge in [-0.3, -0.25) is 14.5 Å². The molecule has 1 aliphatic rings. The fraction of sp³-hybridized carbons (Fsp3) is 0.294. The number of benzene rings is 1. The number of nitrogens with one attached hydrogen (secondary N) is 1. The van der Waals surface area contributed by atoms with E-state index in [4.69, 9.17) is 4.74 Å². The van der Waals surface area contributed by atoms with E-state index in [1.807, 2.05) is 12.3 Å². The van der Waals surface area contributed by atoms with Crippen molar-refractivity contribution in [1.82, 2.24) is 9.88 Å². The van der Waals surface area contributed by atoms with Gasteiger partial charge in [0.05, 0.1) is 6.61 Å². The maximum absolute atomic E-state index is 12.4. The maximum Gasteiger partial charge on any atom is 0.242 e. The molecule has 0 saturated carbocycles. The van der Waals surface area contributed by atoms with E-state index in [-0.39, 0.29) is 18.2 Å². The summed E-state index contributed by atoms with van der Waals surface area (Å²) in [6, 6.07) is 7.13. The Hall–Kier alpha value is -2.39. The Kier molecular flexibility index (Phi) is 5.89. The van der Waals surface area contributed by atoms with E-state index in [1.54, 1.807) is 37.5 Å². The number of thiazole rings is 1. The lowest BCUT2D eigenvalue weighted by Crippen LogP contribution is -2.30. The van der Waals surface area contributed by atoms with Gasteiger partial charge in [0.25, 0.3) is 0 Å². The number of thioether (sulfide) groups is 1. The van der Waals surface area contributed by atoms with Crippen molar-refractivity contribution in [2.75, 3.05) is 19.0 Å². The summed E-state index contributed by atoms with van der Waals surface area (Å²) in [5.74, 6) is 0.396. The van der Waals surface area contributed by atoms with Crippen LogP contribution in [-0.2, 0) is 9.59 Å². The number of anilines is 1. The summed E-state index contributed by atoms with van der Waals surface area (Å²) in [7, 11) is 1.66. The average molecular weight is 390 g/mol. The molecular formula is C17H18N4O3S2. The van der Waals surface area contributed by atoms with Gasteiger partial charge in [0.1, 0.15) is 11.0 Å². The van der Waals surface area contributed by atoms with Crippen LogP contribution in [-0.4, -0.2) is 45.8 Å². The number of carbonyl (C=O) groups is 2. The summed E-state index contributed by atoms with van der Waals surface area (Å²) in [5, 5.41) is 5.29. The zero-order valence-electron chi connectivity index (χ0n) is 14.3. The van der Waals surface area contributed by atoms with Gasteiger partial charge in [-0.05, 0) is 31.2 Å². The van der Waals surface area contributed by atoms with Gasteiger partial charge in [0, 0.05) is 30.7 Å². The van der Waals surface area contributed by atoms with E-state index in [0.29, 0.717) is 22.6 Å². The van der Waals surface area contributed by atoms with Gasteiger partial charge in [0.2, 0.25) is 16.9 Å². The third kappa shape index (κ3) is 4.41. The molecule has 2 aromatic rings. The second-order valence-electron chi connectivity index (χ2n) is 5.42. The number of amides is 2. The number of aromatic nitrogens is 1. The molecule has 136 valence electrons. The molecule has 2 amide bonds. The van der Waals surface area contributed by atoms with E-state index in [0.717, 1.165) is 5.75 Å². The van der Waals surface area contributed by atoms with Crippen molar-refractivity contribution in [3.63, 3.8) is 0 Å². The molecule has 0 radical (unpaired) electrons. The number of hydrogen-bond donors (Lipinski definition) is 1. The molecule has 1 fully saturated rings. The van der Waals surface area contributed by atoms with Crippen molar-refractivity contribution < 1.29 is 14.3 Å². The molecule has 9 heteroatoms. The van der Waals surface area contributed by atoms with E-state index in [9.17, 15) is 9.59 Å². The third-order valence-corrected chi connectivity index (χ3v) is 5.47. The first-order valence-electron chi connectivity index (χ1n) is 8.02. The fourth-order valence-electron chi connectivity index (χ4n) is 2.33. The van der Waals surface area contributed by atoms with Crippen LogP contribution in [0.15, 0.2) is 40.8 Å². The Bertz CT molecular complexity index is 806. The van der Waals surface area contributed by atoms with Gasteiger partial charge in [-0.1, -0.05) is 11.8 Å². The first-order chi connectivity index (χ1) is 12.6. The molecule has 0 bridgehead atoms. The van der Waals surface area contributed by atoms with Crippen LogP contribution in [0.4, 0.5) is 10.8 Å². The summed E-state index contributed by atoms with van der Waals surface area (Å²) in [4.78, 5) is 34.6. The van der Waals surface area contributed by atoms with Crippen molar-refractivity contribution in [1.29, 1.82) is 0 Å². The molecule has 1 N–H and O–H groups in total. The van der Waals surface area contributed by atoms with Crippen molar-refractivity contribution >= 4 is 50.9 Å². The lowest BCUT2D eigenvalue weighted by atomic mass is 10.2. The number of nitrogens with zero attached hydrogens (tertiary/aromatic N) is 3. The summed E-state index contributed by atoms with van der Waals surface area (Å²) >= 11 is 2.68. The van der Waals surface area contributed by atoms with Crippen LogP contribution in [0, 0.1) is 0 Å². The average Bonchev–Trinajstić information content (AvgIpc) is 3.22. The standard InChI is InChI=1S/C17H18N4O3S2/c1-3-24-12-6-4-11(5-7-12)19-14(22)10-13-15(23)21(2)17(26-13)20-16-18-8-9-25-16/h4-9,13H,3,10H2,1-2H3,(H,19,22). The van der Waals surface area contributed by atoms with Gasteiger partial charge in [0.15, 0.2) is 5.17 Å². The normalized spacial score (nSPS) is 18.4. The lowest BCUT2D eigenvalue weighted by molar-refractivity contribution is -0.127. The van der Waals surface area contributed by atoms with E-state index >= 15 is 0 Å². The van der Waals surface area contributed by atoms with Crippen molar-refractivity contribution in [3.05, 3.63) is 35.8 Å². The molecule has 1 saturated heterocycles. The highest BCUT2D eigenvalue weighted by molar-refractivity contribution is 8.15. The molecule has 1 aromatic heterocycles. The molecule has 1 atom stereocenters. The van der Waals surface area contributed by atoms with E-state index < -0.39 is 5.25 Å². The van der Waals surface area contributed by atoms with Gasteiger partial charge in [-0.15, -0.1) is 11.3 Å². The van der Waals surface area contributed by atoms with Crippen molar-refractivity contribution in [2.45, 2.75) is 18.6 Å². The monoisotopic (exact) mass is 390 g/mol. The molecule has 7 nitrogen and oxygen atoms in total. The van der Waals surface area contributed by atoms with Gasteiger partial charge < -0.3 is 10.1 Å².